The number of carboxylic acids is 1. The monoisotopic (exact) mass is 233 g/mol. The summed E-state index contributed by atoms with van der Waals surface area (Å²) in [5, 5.41) is 9.04. The van der Waals surface area contributed by atoms with Gasteiger partial charge in [-0.2, -0.15) is 0 Å². The summed E-state index contributed by atoms with van der Waals surface area (Å²) in [4.78, 5) is 13.1. The SMILES string of the molecule is CC1CN(C(C)C(=O)O)C[C@@H]1c1ccccc1. The maximum absolute atomic E-state index is 11.0. The Bertz CT molecular complexity index is 390. The van der Waals surface area contributed by atoms with Crippen molar-refractivity contribution in [2.24, 2.45) is 5.92 Å². The first-order valence-electron chi connectivity index (χ1n) is 6.11. The zero-order chi connectivity index (χ0) is 12.4. The summed E-state index contributed by atoms with van der Waals surface area (Å²) in [7, 11) is 0. The summed E-state index contributed by atoms with van der Waals surface area (Å²) in [5.41, 5.74) is 1.32. The van der Waals surface area contributed by atoms with Crippen molar-refractivity contribution in [1.29, 1.82) is 0 Å². The lowest BCUT2D eigenvalue weighted by molar-refractivity contribution is -0.142. The minimum absolute atomic E-state index is 0.383. The van der Waals surface area contributed by atoms with E-state index in [0.717, 1.165) is 13.1 Å². The number of rotatable bonds is 3. The number of hydrogen-bond donors (Lipinski definition) is 1. The lowest BCUT2D eigenvalue weighted by atomic mass is 9.90. The molecule has 1 aromatic carbocycles. The first-order valence-corrected chi connectivity index (χ1v) is 6.11. The van der Waals surface area contributed by atoms with Crippen LogP contribution in [0, 0.1) is 5.92 Å². The second-order valence-electron chi connectivity index (χ2n) is 4.96. The number of aliphatic carboxylic acids is 1. The third-order valence-electron chi connectivity index (χ3n) is 3.77. The first-order chi connectivity index (χ1) is 8.09. The minimum atomic E-state index is -0.731. The van der Waals surface area contributed by atoms with Gasteiger partial charge in [-0.25, -0.2) is 0 Å². The molecule has 1 saturated heterocycles. The molecule has 1 aromatic rings. The van der Waals surface area contributed by atoms with E-state index in [0.29, 0.717) is 11.8 Å². The second kappa shape index (κ2) is 4.88. The van der Waals surface area contributed by atoms with Gasteiger partial charge in [-0.1, -0.05) is 37.3 Å². The van der Waals surface area contributed by atoms with E-state index in [1.54, 1.807) is 6.92 Å². The summed E-state index contributed by atoms with van der Waals surface area (Å²) in [6.45, 7) is 5.68. The molecule has 1 aliphatic rings. The standard InChI is InChI=1S/C14H19NO2/c1-10-8-15(11(2)14(16)17)9-13(10)12-6-4-3-5-7-12/h3-7,10-11,13H,8-9H2,1-2H3,(H,16,17)/t10?,11?,13-/m0/s1. The first kappa shape index (κ1) is 12.1. The van der Waals surface area contributed by atoms with Gasteiger partial charge in [0.2, 0.25) is 0 Å². The van der Waals surface area contributed by atoms with Crippen molar-refractivity contribution in [3.8, 4) is 0 Å². The molecular formula is C14H19NO2. The summed E-state index contributed by atoms with van der Waals surface area (Å²) >= 11 is 0. The molecule has 2 unspecified atom stereocenters. The van der Waals surface area contributed by atoms with Gasteiger partial charge < -0.3 is 5.11 Å². The van der Waals surface area contributed by atoms with Crippen LogP contribution in [-0.4, -0.2) is 35.1 Å². The second-order valence-corrected chi connectivity index (χ2v) is 4.96. The van der Waals surface area contributed by atoms with Crippen molar-refractivity contribution in [2.75, 3.05) is 13.1 Å². The van der Waals surface area contributed by atoms with Crippen LogP contribution >= 0.6 is 0 Å². The van der Waals surface area contributed by atoms with Gasteiger partial charge in [0.15, 0.2) is 0 Å². The Morgan fingerprint density at radius 3 is 2.59 bits per heavy atom. The molecule has 0 bridgehead atoms. The zero-order valence-electron chi connectivity index (χ0n) is 10.3. The lowest BCUT2D eigenvalue weighted by Gasteiger charge is -2.20. The Hall–Kier alpha value is -1.35. The predicted octanol–water partition coefficient (Wildman–Crippen LogP) is 2.20. The Morgan fingerprint density at radius 1 is 1.35 bits per heavy atom. The highest BCUT2D eigenvalue weighted by atomic mass is 16.4. The molecule has 1 heterocycles. The predicted molar refractivity (Wildman–Crippen MR) is 67.0 cm³/mol. The summed E-state index contributed by atoms with van der Waals surface area (Å²) in [5.74, 6) is 0.239. The van der Waals surface area contributed by atoms with Gasteiger partial charge in [0.25, 0.3) is 0 Å². The topological polar surface area (TPSA) is 40.5 Å². The van der Waals surface area contributed by atoms with Crippen LogP contribution in [0.25, 0.3) is 0 Å². The van der Waals surface area contributed by atoms with E-state index in [1.165, 1.54) is 5.56 Å². The van der Waals surface area contributed by atoms with Crippen molar-refractivity contribution < 1.29 is 9.90 Å². The third kappa shape index (κ3) is 2.50. The molecule has 0 radical (unpaired) electrons. The molecular weight excluding hydrogens is 214 g/mol. The Morgan fingerprint density at radius 2 is 2.00 bits per heavy atom. The number of likely N-dealkylation sites (tertiary alicyclic amines) is 1. The van der Waals surface area contributed by atoms with E-state index in [1.807, 2.05) is 18.2 Å². The van der Waals surface area contributed by atoms with Crippen molar-refractivity contribution in [1.82, 2.24) is 4.90 Å². The number of carboxylic acid groups (broad SMARTS) is 1. The quantitative estimate of drug-likeness (QED) is 0.870. The van der Waals surface area contributed by atoms with E-state index in [9.17, 15) is 4.79 Å². The van der Waals surface area contributed by atoms with Crippen LogP contribution in [0.15, 0.2) is 30.3 Å². The van der Waals surface area contributed by atoms with Crippen LogP contribution in [0.5, 0.6) is 0 Å². The number of nitrogens with zero attached hydrogens (tertiary/aromatic N) is 1. The molecule has 0 saturated carbocycles. The highest BCUT2D eigenvalue weighted by Gasteiger charge is 2.34. The van der Waals surface area contributed by atoms with E-state index in [4.69, 9.17) is 5.11 Å². The molecule has 3 heteroatoms. The van der Waals surface area contributed by atoms with Crippen LogP contribution < -0.4 is 0 Å². The summed E-state index contributed by atoms with van der Waals surface area (Å²) in [6.07, 6.45) is 0. The molecule has 1 aliphatic heterocycles. The van der Waals surface area contributed by atoms with Gasteiger partial charge in [0, 0.05) is 19.0 Å². The average molecular weight is 233 g/mol. The molecule has 3 nitrogen and oxygen atoms in total. The van der Waals surface area contributed by atoms with E-state index < -0.39 is 5.97 Å². The normalized spacial score (nSPS) is 26.9. The van der Waals surface area contributed by atoms with Crippen molar-refractivity contribution in [2.45, 2.75) is 25.8 Å². The molecule has 92 valence electrons. The van der Waals surface area contributed by atoms with Crippen LogP contribution in [0.4, 0.5) is 0 Å². The molecule has 1 fully saturated rings. The van der Waals surface area contributed by atoms with Gasteiger partial charge in [0.05, 0.1) is 0 Å². The number of benzene rings is 1. The molecule has 2 rings (SSSR count). The van der Waals surface area contributed by atoms with E-state index in [2.05, 4.69) is 24.0 Å². The number of carbonyl (C=O) groups is 1. The Balaban J connectivity index is 2.10. The molecule has 0 aliphatic carbocycles. The Kier molecular flexibility index (Phi) is 3.48. The summed E-state index contributed by atoms with van der Waals surface area (Å²) in [6, 6.07) is 10.00. The maximum atomic E-state index is 11.0. The van der Waals surface area contributed by atoms with Crippen LogP contribution in [0.1, 0.15) is 25.3 Å². The van der Waals surface area contributed by atoms with Gasteiger partial charge in [-0.3, -0.25) is 9.69 Å². The fraction of sp³-hybridized carbons (Fsp3) is 0.500. The number of hydrogen-bond acceptors (Lipinski definition) is 2. The van der Waals surface area contributed by atoms with Crippen LogP contribution in [0.2, 0.25) is 0 Å². The van der Waals surface area contributed by atoms with Crippen LogP contribution in [-0.2, 0) is 4.79 Å². The molecule has 0 amide bonds. The van der Waals surface area contributed by atoms with Crippen LogP contribution in [0.3, 0.4) is 0 Å². The third-order valence-corrected chi connectivity index (χ3v) is 3.77. The van der Waals surface area contributed by atoms with Gasteiger partial charge >= 0.3 is 5.97 Å². The lowest BCUT2D eigenvalue weighted by Crippen LogP contribution is -2.37. The average Bonchev–Trinajstić information content (AvgIpc) is 2.71. The molecule has 1 N–H and O–H groups in total. The highest BCUT2D eigenvalue weighted by Crippen LogP contribution is 2.33. The van der Waals surface area contributed by atoms with Crippen molar-refractivity contribution in [3.05, 3.63) is 35.9 Å². The molecule has 3 atom stereocenters. The zero-order valence-corrected chi connectivity index (χ0v) is 10.3. The van der Waals surface area contributed by atoms with Crippen molar-refractivity contribution >= 4 is 5.97 Å². The maximum Gasteiger partial charge on any atom is 0.320 e. The van der Waals surface area contributed by atoms with Gasteiger partial charge in [0.1, 0.15) is 6.04 Å². The smallest absolute Gasteiger partial charge is 0.320 e. The van der Waals surface area contributed by atoms with Crippen molar-refractivity contribution in [3.63, 3.8) is 0 Å². The molecule has 0 spiro atoms. The van der Waals surface area contributed by atoms with E-state index in [-0.39, 0.29) is 6.04 Å². The largest absolute Gasteiger partial charge is 0.480 e. The molecule has 17 heavy (non-hydrogen) atoms. The molecule has 0 aromatic heterocycles. The Labute approximate surface area is 102 Å². The summed E-state index contributed by atoms with van der Waals surface area (Å²) < 4.78 is 0. The fourth-order valence-corrected chi connectivity index (χ4v) is 2.61. The minimum Gasteiger partial charge on any atom is -0.480 e. The highest BCUT2D eigenvalue weighted by molar-refractivity contribution is 5.73. The fourth-order valence-electron chi connectivity index (χ4n) is 2.61. The van der Waals surface area contributed by atoms with Gasteiger partial charge in [-0.15, -0.1) is 0 Å². The van der Waals surface area contributed by atoms with E-state index >= 15 is 0 Å². The van der Waals surface area contributed by atoms with Gasteiger partial charge in [-0.05, 0) is 18.4 Å².